The Hall–Kier alpha value is -0.870. The molecule has 0 aliphatic heterocycles. The maximum atomic E-state index is 12.3. The fourth-order valence-electron chi connectivity index (χ4n) is 1.57. The lowest BCUT2D eigenvalue weighted by molar-refractivity contribution is 0.502. The summed E-state index contributed by atoms with van der Waals surface area (Å²) in [6.07, 6.45) is 5.16. The molecule has 0 atom stereocenters. The molecule has 0 saturated carbocycles. The van der Waals surface area contributed by atoms with E-state index in [2.05, 4.69) is 41.0 Å². The van der Waals surface area contributed by atoms with Crippen molar-refractivity contribution in [2.24, 2.45) is 0 Å². The van der Waals surface area contributed by atoms with Crippen molar-refractivity contribution in [3.63, 3.8) is 0 Å². The van der Waals surface area contributed by atoms with Crippen LogP contribution in [0.2, 0.25) is 0 Å². The second-order valence-electron chi connectivity index (χ2n) is 4.77. The Labute approximate surface area is 129 Å². The van der Waals surface area contributed by atoms with Crippen molar-refractivity contribution in [3.8, 4) is 12.3 Å². The Morgan fingerprint density at radius 3 is 2.60 bits per heavy atom. The van der Waals surface area contributed by atoms with Crippen LogP contribution in [-0.2, 0) is 16.6 Å². The Kier molecular flexibility index (Phi) is 6.21. The average Bonchev–Trinajstić information content (AvgIpc) is 2.36. The molecule has 4 nitrogen and oxygen atoms in total. The van der Waals surface area contributed by atoms with Crippen molar-refractivity contribution < 1.29 is 8.42 Å². The molecule has 110 valence electrons. The van der Waals surface area contributed by atoms with Crippen molar-refractivity contribution in [3.05, 3.63) is 28.2 Å². The number of nitrogens with zero attached hydrogens (tertiary/aromatic N) is 1. The highest BCUT2D eigenvalue weighted by Gasteiger charge is 2.22. The summed E-state index contributed by atoms with van der Waals surface area (Å²) in [5, 5.41) is 3.28. The molecule has 0 fully saturated rings. The van der Waals surface area contributed by atoms with Crippen molar-refractivity contribution in [2.75, 3.05) is 13.6 Å². The summed E-state index contributed by atoms with van der Waals surface area (Å²) in [7, 11) is -2.09. The monoisotopic (exact) mass is 358 g/mol. The van der Waals surface area contributed by atoms with E-state index in [4.69, 9.17) is 6.42 Å². The number of sulfonamides is 1. The third kappa shape index (κ3) is 4.32. The summed E-state index contributed by atoms with van der Waals surface area (Å²) in [6, 6.07) is 5.59. The van der Waals surface area contributed by atoms with Crippen molar-refractivity contribution in [1.29, 1.82) is 0 Å². The first-order chi connectivity index (χ1) is 9.28. The van der Waals surface area contributed by atoms with E-state index in [1.54, 1.807) is 12.1 Å². The fraction of sp³-hybridized carbons (Fsp3) is 0.429. The number of hydrogen-bond donors (Lipinski definition) is 1. The van der Waals surface area contributed by atoms with E-state index in [0.29, 0.717) is 17.1 Å². The Morgan fingerprint density at radius 1 is 1.45 bits per heavy atom. The largest absolute Gasteiger partial charge is 0.310 e. The predicted octanol–water partition coefficient (Wildman–Crippen LogP) is 2.20. The Bertz CT molecular complexity index is 606. The number of benzene rings is 1. The number of terminal acetylenes is 1. The maximum absolute atomic E-state index is 12.3. The van der Waals surface area contributed by atoms with Gasteiger partial charge in [0, 0.05) is 24.1 Å². The molecule has 0 heterocycles. The summed E-state index contributed by atoms with van der Waals surface area (Å²) in [5.41, 5.74) is 1.02. The SMILES string of the molecule is C#CCN(C)S(=O)(=O)c1ccc(CNC(C)C)cc1Br. The van der Waals surface area contributed by atoms with Gasteiger partial charge in [0.1, 0.15) is 0 Å². The zero-order valence-electron chi connectivity index (χ0n) is 11.9. The highest BCUT2D eigenvalue weighted by Crippen LogP contribution is 2.25. The van der Waals surface area contributed by atoms with Gasteiger partial charge >= 0.3 is 0 Å². The van der Waals surface area contributed by atoms with Crippen LogP contribution in [0.4, 0.5) is 0 Å². The van der Waals surface area contributed by atoms with Crippen LogP contribution in [-0.4, -0.2) is 32.4 Å². The zero-order chi connectivity index (χ0) is 15.3. The van der Waals surface area contributed by atoms with E-state index in [1.165, 1.54) is 7.05 Å². The molecule has 1 aromatic rings. The molecule has 1 N–H and O–H groups in total. The molecule has 6 heteroatoms. The molecule has 0 radical (unpaired) electrons. The van der Waals surface area contributed by atoms with Gasteiger partial charge in [-0.05, 0) is 33.6 Å². The fourth-order valence-corrected chi connectivity index (χ4v) is 3.73. The molecule has 0 saturated heterocycles. The summed E-state index contributed by atoms with van der Waals surface area (Å²) in [4.78, 5) is 0.226. The van der Waals surface area contributed by atoms with Gasteiger partial charge in [-0.2, -0.15) is 4.31 Å². The topological polar surface area (TPSA) is 49.4 Å². The second-order valence-corrected chi connectivity index (χ2v) is 7.63. The molecule has 0 aliphatic rings. The Morgan fingerprint density at radius 2 is 2.10 bits per heavy atom. The van der Waals surface area contributed by atoms with Crippen LogP contribution >= 0.6 is 15.9 Å². The first kappa shape index (κ1) is 17.2. The van der Waals surface area contributed by atoms with Crippen LogP contribution in [0.1, 0.15) is 19.4 Å². The molecule has 20 heavy (non-hydrogen) atoms. The lowest BCUT2D eigenvalue weighted by Crippen LogP contribution is -2.27. The third-order valence-electron chi connectivity index (χ3n) is 2.71. The number of rotatable bonds is 6. The molecular formula is C14H19BrN2O2S. The van der Waals surface area contributed by atoms with E-state index in [1.807, 2.05) is 6.07 Å². The van der Waals surface area contributed by atoms with Gasteiger partial charge in [0.25, 0.3) is 0 Å². The van der Waals surface area contributed by atoms with Crippen molar-refractivity contribution >= 4 is 26.0 Å². The van der Waals surface area contributed by atoms with Gasteiger partial charge in [-0.15, -0.1) is 6.42 Å². The molecular weight excluding hydrogens is 340 g/mol. The first-order valence-electron chi connectivity index (χ1n) is 6.20. The van der Waals surface area contributed by atoms with E-state index in [9.17, 15) is 8.42 Å². The summed E-state index contributed by atoms with van der Waals surface area (Å²) in [6.45, 7) is 4.85. The average molecular weight is 359 g/mol. The smallest absolute Gasteiger partial charge is 0.244 e. The highest BCUT2D eigenvalue weighted by atomic mass is 79.9. The lowest BCUT2D eigenvalue weighted by Gasteiger charge is -2.16. The van der Waals surface area contributed by atoms with Crippen molar-refractivity contribution in [2.45, 2.75) is 31.3 Å². The first-order valence-corrected chi connectivity index (χ1v) is 8.44. The van der Waals surface area contributed by atoms with Crippen LogP contribution in [0, 0.1) is 12.3 Å². The number of nitrogens with one attached hydrogen (secondary N) is 1. The minimum absolute atomic E-state index is 0.0471. The van der Waals surface area contributed by atoms with Crippen LogP contribution in [0.15, 0.2) is 27.6 Å². The molecule has 0 spiro atoms. The summed E-state index contributed by atoms with van der Waals surface area (Å²) < 4.78 is 26.3. The van der Waals surface area contributed by atoms with E-state index >= 15 is 0 Å². The van der Waals surface area contributed by atoms with Gasteiger partial charge in [-0.25, -0.2) is 8.42 Å². The highest BCUT2D eigenvalue weighted by molar-refractivity contribution is 9.10. The van der Waals surface area contributed by atoms with Gasteiger partial charge in [0.05, 0.1) is 11.4 Å². The van der Waals surface area contributed by atoms with Gasteiger partial charge < -0.3 is 5.32 Å². The van der Waals surface area contributed by atoms with Crippen LogP contribution in [0.25, 0.3) is 0 Å². The summed E-state index contributed by atoms with van der Waals surface area (Å²) >= 11 is 3.32. The number of hydrogen-bond acceptors (Lipinski definition) is 3. The predicted molar refractivity (Wildman–Crippen MR) is 84.8 cm³/mol. The van der Waals surface area contributed by atoms with Crippen molar-refractivity contribution in [1.82, 2.24) is 9.62 Å². The molecule has 0 aliphatic carbocycles. The molecule has 1 rings (SSSR count). The standard InChI is InChI=1S/C14H19BrN2O2S/c1-5-8-17(4)20(18,19)14-7-6-12(9-13(14)15)10-16-11(2)3/h1,6-7,9,11,16H,8,10H2,2-4H3. The van der Waals surface area contributed by atoms with E-state index in [0.717, 1.165) is 9.87 Å². The van der Waals surface area contributed by atoms with Crippen LogP contribution < -0.4 is 5.32 Å². The molecule has 1 aromatic carbocycles. The lowest BCUT2D eigenvalue weighted by atomic mass is 10.2. The van der Waals surface area contributed by atoms with E-state index in [-0.39, 0.29) is 11.4 Å². The van der Waals surface area contributed by atoms with Gasteiger partial charge in [0.2, 0.25) is 10.0 Å². The Balaban J connectivity index is 3.02. The van der Waals surface area contributed by atoms with Gasteiger partial charge in [-0.1, -0.05) is 25.8 Å². The quantitative estimate of drug-likeness (QED) is 0.793. The minimum Gasteiger partial charge on any atom is -0.310 e. The minimum atomic E-state index is -3.56. The molecule has 0 amide bonds. The maximum Gasteiger partial charge on any atom is 0.244 e. The number of halogens is 1. The molecule has 0 aromatic heterocycles. The van der Waals surface area contributed by atoms with Gasteiger partial charge in [0.15, 0.2) is 0 Å². The summed E-state index contributed by atoms with van der Waals surface area (Å²) in [5.74, 6) is 2.33. The second kappa shape index (κ2) is 7.23. The van der Waals surface area contributed by atoms with Gasteiger partial charge in [-0.3, -0.25) is 0 Å². The molecule has 0 bridgehead atoms. The normalized spacial score (nSPS) is 11.8. The zero-order valence-corrected chi connectivity index (χ0v) is 14.3. The molecule has 0 unspecified atom stereocenters. The third-order valence-corrected chi connectivity index (χ3v) is 5.49. The van der Waals surface area contributed by atoms with E-state index < -0.39 is 10.0 Å². The van der Waals surface area contributed by atoms with Crippen LogP contribution in [0.5, 0.6) is 0 Å². The van der Waals surface area contributed by atoms with Crippen LogP contribution in [0.3, 0.4) is 0 Å².